The second-order valence-corrected chi connectivity index (χ2v) is 7.94. The molecule has 5 nitrogen and oxygen atoms in total. The molecule has 0 atom stereocenters. The van der Waals surface area contributed by atoms with Gasteiger partial charge in [-0.1, -0.05) is 54.6 Å². The van der Waals surface area contributed by atoms with Crippen molar-refractivity contribution in [3.8, 4) is 39.8 Å². The zero-order valence-electron chi connectivity index (χ0n) is 18.8. The molecule has 0 saturated carbocycles. The number of nitrogens with zero attached hydrogens (tertiary/aromatic N) is 4. The first-order valence-corrected chi connectivity index (χ1v) is 11.0. The minimum atomic E-state index is 0. The normalized spacial score (nSPS) is 10.8. The molecule has 4 aromatic carbocycles. The van der Waals surface area contributed by atoms with E-state index < -0.39 is 0 Å². The summed E-state index contributed by atoms with van der Waals surface area (Å²) >= 11 is 0. The van der Waals surface area contributed by atoms with Crippen LogP contribution in [-0.4, -0.2) is 19.3 Å². The van der Waals surface area contributed by atoms with Gasteiger partial charge in [0.2, 0.25) is 0 Å². The first kappa shape index (κ1) is 22.8. The van der Waals surface area contributed by atoms with Crippen molar-refractivity contribution in [1.82, 2.24) is 19.3 Å². The maximum absolute atomic E-state index is 6.15. The molecule has 0 unspecified atom stereocenters. The van der Waals surface area contributed by atoms with Gasteiger partial charge in [0.15, 0.2) is 0 Å². The Hall–Kier alpha value is -3.95. The Morgan fingerprint density at radius 1 is 0.771 bits per heavy atom. The predicted octanol–water partition coefficient (Wildman–Crippen LogP) is 6.48. The third kappa shape index (κ3) is 4.43. The Morgan fingerprint density at radius 2 is 1.51 bits per heavy atom. The zero-order valence-corrected chi connectivity index (χ0v) is 21.1. The number of hydrogen-bond acceptors (Lipinski definition) is 3. The molecule has 0 N–H and O–H groups in total. The predicted molar refractivity (Wildman–Crippen MR) is 133 cm³/mol. The van der Waals surface area contributed by atoms with Crippen LogP contribution in [0.4, 0.5) is 0 Å². The molecule has 0 amide bonds. The van der Waals surface area contributed by atoms with Gasteiger partial charge < -0.3 is 9.30 Å². The van der Waals surface area contributed by atoms with Crippen LogP contribution in [0.2, 0.25) is 0 Å². The van der Waals surface area contributed by atoms with Crippen LogP contribution in [0.15, 0.2) is 103 Å². The summed E-state index contributed by atoms with van der Waals surface area (Å²) in [6.45, 7) is 0. The van der Waals surface area contributed by atoms with Crippen LogP contribution in [-0.2, 0) is 28.1 Å². The average molecular weight is 636 g/mol. The fraction of sp³-hybridized carbons (Fsp3) is 0.0345. The van der Waals surface area contributed by atoms with Gasteiger partial charge in [0.25, 0.3) is 0 Å². The molecule has 0 aliphatic heterocycles. The van der Waals surface area contributed by atoms with E-state index in [1.165, 1.54) is 0 Å². The second-order valence-electron chi connectivity index (χ2n) is 7.94. The number of aromatic nitrogens is 4. The third-order valence-electron chi connectivity index (χ3n) is 5.66. The molecule has 0 fully saturated rings. The van der Waals surface area contributed by atoms with Crippen molar-refractivity contribution in [2.75, 3.05) is 0 Å². The molecule has 2 heterocycles. The van der Waals surface area contributed by atoms with Crippen molar-refractivity contribution < 1.29 is 25.8 Å². The number of fused-ring (bicyclic) bond motifs is 1. The van der Waals surface area contributed by atoms with Gasteiger partial charge in [-0.25, -0.2) is 0 Å². The van der Waals surface area contributed by atoms with Crippen molar-refractivity contribution in [3.63, 3.8) is 0 Å². The fourth-order valence-corrected chi connectivity index (χ4v) is 4.08. The molecule has 6 heteroatoms. The smallest absolute Gasteiger partial charge is 0.503 e. The molecule has 0 saturated heterocycles. The third-order valence-corrected chi connectivity index (χ3v) is 5.66. The number of rotatable bonds is 5. The summed E-state index contributed by atoms with van der Waals surface area (Å²) < 4.78 is 10.0. The van der Waals surface area contributed by atoms with Gasteiger partial charge in [-0.3, -0.25) is 9.67 Å². The van der Waals surface area contributed by atoms with E-state index >= 15 is 0 Å². The second kappa shape index (κ2) is 9.73. The van der Waals surface area contributed by atoms with Crippen LogP contribution in [0, 0.1) is 12.1 Å². The molecular formula is C29H20N4OPt. The zero-order chi connectivity index (χ0) is 22.9. The molecular weight excluding hydrogens is 615 g/mol. The molecule has 0 spiro atoms. The minimum Gasteiger partial charge on any atom is -0.503 e. The number of ether oxygens (including phenoxy) is 1. The van der Waals surface area contributed by atoms with Crippen LogP contribution in [0.5, 0.6) is 11.5 Å². The monoisotopic (exact) mass is 635 g/mol. The number of benzene rings is 4. The van der Waals surface area contributed by atoms with Crippen LogP contribution < -0.4 is 4.74 Å². The molecule has 35 heavy (non-hydrogen) atoms. The van der Waals surface area contributed by atoms with Crippen LogP contribution in [0.3, 0.4) is 0 Å². The number of hydrogen-bond donors (Lipinski definition) is 0. The number of imidazole rings is 1. The van der Waals surface area contributed by atoms with Crippen molar-refractivity contribution in [1.29, 1.82) is 0 Å². The Labute approximate surface area is 217 Å². The van der Waals surface area contributed by atoms with E-state index in [-0.39, 0.29) is 21.1 Å². The summed E-state index contributed by atoms with van der Waals surface area (Å²) in [6.07, 6.45) is 3.68. The van der Waals surface area contributed by atoms with E-state index in [2.05, 4.69) is 35.3 Å². The first-order chi connectivity index (χ1) is 16.8. The molecule has 6 aromatic rings. The van der Waals surface area contributed by atoms with Crippen molar-refractivity contribution >= 4 is 10.9 Å². The van der Waals surface area contributed by atoms with Gasteiger partial charge >= 0.3 is 21.1 Å². The summed E-state index contributed by atoms with van der Waals surface area (Å²) in [4.78, 5) is 4.40. The molecule has 0 bridgehead atoms. The summed E-state index contributed by atoms with van der Waals surface area (Å²) in [5.74, 6) is 2.02. The SMILES string of the molecule is Cn1ccnc1-c1[c-]c(Oc2[c-]c(-n3nc4ccccc4c3-c3ccccc3)ccc2)ccc1.[Pt+2]. The van der Waals surface area contributed by atoms with Gasteiger partial charge in [0.05, 0.1) is 17.0 Å². The molecule has 0 aliphatic rings. The van der Waals surface area contributed by atoms with Crippen molar-refractivity contribution in [2.45, 2.75) is 0 Å². The fourth-order valence-electron chi connectivity index (χ4n) is 4.08. The van der Waals surface area contributed by atoms with Crippen molar-refractivity contribution in [3.05, 3.63) is 116 Å². The minimum absolute atomic E-state index is 0. The molecule has 6 rings (SSSR count). The summed E-state index contributed by atoms with van der Waals surface area (Å²) in [5.41, 5.74) is 4.70. The quantitative estimate of drug-likeness (QED) is 0.204. The maximum atomic E-state index is 6.15. The standard InChI is InChI=1S/C29H20N4O.Pt/c1-32-18-17-30-29(32)22-11-7-13-24(19-22)34-25-14-8-12-23(20-25)33-28(21-9-3-2-4-10-21)26-15-5-6-16-27(26)31-33;/h2-18H,1H3;/q-2;+2. The van der Waals surface area contributed by atoms with E-state index in [4.69, 9.17) is 9.84 Å². The topological polar surface area (TPSA) is 44.9 Å². The Bertz CT molecular complexity index is 1600. The molecule has 0 radical (unpaired) electrons. The van der Waals surface area contributed by atoms with E-state index in [1.54, 1.807) is 6.20 Å². The van der Waals surface area contributed by atoms with E-state index in [1.807, 2.05) is 95.3 Å². The van der Waals surface area contributed by atoms with Crippen LogP contribution >= 0.6 is 0 Å². The van der Waals surface area contributed by atoms with Gasteiger partial charge in [-0.2, -0.15) is 11.2 Å². The molecule has 2 aromatic heterocycles. The number of aryl methyl sites for hydroxylation is 1. The maximum Gasteiger partial charge on any atom is 2.00 e. The molecule has 172 valence electrons. The van der Waals surface area contributed by atoms with E-state index in [0.29, 0.717) is 11.5 Å². The Morgan fingerprint density at radius 3 is 2.31 bits per heavy atom. The van der Waals surface area contributed by atoms with Crippen LogP contribution in [0.1, 0.15) is 0 Å². The average Bonchev–Trinajstić information content (AvgIpc) is 3.48. The summed E-state index contributed by atoms with van der Waals surface area (Å²) in [5, 5.41) is 5.96. The van der Waals surface area contributed by atoms with Crippen LogP contribution in [0.25, 0.3) is 39.2 Å². The molecule has 0 aliphatic carbocycles. The largest absolute Gasteiger partial charge is 2.00 e. The van der Waals surface area contributed by atoms with Gasteiger partial charge in [-0.15, -0.1) is 42.0 Å². The van der Waals surface area contributed by atoms with Crippen molar-refractivity contribution in [2.24, 2.45) is 7.05 Å². The van der Waals surface area contributed by atoms with Gasteiger partial charge in [-0.05, 0) is 11.8 Å². The van der Waals surface area contributed by atoms with E-state index in [0.717, 1.165) is 39.2 Å². The van der Waals surface area contributed by atoms with Gasteiger partial charge in [0, 0.05) is 41.9 Å². The Balaban J connectivity index is 0.00000253. The Kier molecular flexibility index (Phi) is 6.34. The summed E-state index contributed by atoms with van der Waals surface area (Å²) in [6, 6.07) is 36.7. The van der Waals surface area contributed by atoms with Gasteiger partial charge in [0.1, 0.15) is 0 Å². The van der Waals surface area contributed by atoms with E-state index in [9.17, 15) is 0 Å². The first-order valence-electron chi connectivity index (χ1n) is 11.0. The summed E-state index contributed by atoms with van der Waals surface area (Å²) in [7, 11) is 1.96.